The third-order valence-corrected chi connectivity index (χ3v) is 3.86. The van der Waals surface area contributed by atoms with Crippen LogP contribution in [-0.4, -0.2) is 19.2 Å². The molecule has 2 aromatic rings. The van der Waals surface area contributed by atoms with Crippen LogP contribution < -0.4 is 11.2 Å². The van der Waals surface area contributed by atoms with Gasteiger partial charge in [0.1, 0.15) is 5.49 Å². The first-order valence-corrected chi connectivity index (χ1v) is 7.87. The van der Waals surface area contributed by atoms with Crippen LogP contribution in [0.2, 0.25) is 5.02 Å². The zero-order valence-electron chi connectivity index (χ0n) is 11.8. The fraction of sp³-hybridized carbons (Fsp3) is 0.143. The molecular formula is C14H14Cl2N3O3S-. The molecule has 0 fully saturated rings. The zero-order valence-corrected chi connectivity index (χ0v) is 14.2. The summed E-state index contributed by atoms with van der Waals surface area (Å²) in [4.78, 5) is 11.3. The Balaban J connectivity index is 0.00000264. The van der Waals surface area contributed by atoms with Crippen molar-refractivity contribution in [2.24, 2.45) is 5.73 Å². The molecule has 1 heterocycles. The Bertz CT molecular complexity index is 808. The van der Waals surface area contributed by atoms with Gasteiger partial charge in [-0.2, -0.15) is 0 Å². The van der Waals surface area contributed by atoms with Gasteiger partial charge >= 0.3 is 0 Å². The number of hydrogen-bond donors (Lipinski definition) is 2. The van der Waals surface area contributed by atoms with Crippen molar-refractivity contribution in [3.05, 3.63) is 63.7 Å². The summed E-state index contributed by atoms with van der Waals surface area (Å²) in [5, 5.41) is 8.29. The number of aromatic nitrogens is 1. The fourth-order valence-corrected chi connectivity index (χ4v) is 2.85. The van der Waals surface area contributed by atoms with Crippen LogP contribution in [-0.2, 0) is 23.4 Å². The molecule has 23 heavy (non-hydrogen) atoms. The molecule has 0 saturated heterocycles. The van der Waals surface area contributed by atoms with E-state index in [9.17, 15) is 13.6 Å². The minimum absolute atomic E-state index is 0. The van der Waals surface area contributed by atoms with Gasteiger partial charge in [-0.1, -0.05) is 46.9 Å². The van der Waals surface area contributed by atoms with Crippen LogP contribution in [0, 0.1) is 5.41 Å². The third-order valence-electron chi connectivity index (χ3n) is 3.10. The highest BCUT2D eigenvalue weighted by Crippen LogP contribution is 2.14. The van der Waals surface area contributed by atoms with Crippen molar-refractivity contribution in [3.8, 4) is 0 Å². The topological polar surface area (TPSA) is 112 Å². The minimum Gasteiger partial charge on any atom is -0.772 e. The van der Waals surface area contributed by atoms with Gasteiger partial charge in [-0.05, 0) is 17.2 Å². The van der Waals surface area contributed by atoms with Crippen molar-refractivity contribution >= 4 is 41.0 Å². The van der Waals surface area contributed by atoms with Gasteiger partial charge in [0.05, 0.1) is 10.6 Å². The Morgan fingerprint density at radius 2 is 1.96 bits per heavy atom. The summed E-state index contributed by atoms with van der Waals surface area (Å²) in [7, 11) is 0. The number of nitrogens with two attached hydrogens (primary N) is 1. The van der Waals surface area contributed by atoms with Gasteiger partial charge in [-0.3, -0.25) is 14.4 Å². The molecule has 1 atom stereocenters. The number of benzene rings is 1. The molecule has 124 valence electrons. The third kappa shape index (κ3) is 4.90. The lowest BCUT2D eigenvalue weighted by atomic mass is 10.1. The van der Waals surface area contributed by atoms with E-state index in [1.54, 1.807) is 24.3 Å². The van der Waals surface area contributed by atoms with Crippen LogP contribution in [0.3, 0.4) is 0 Å². The number of nitrogens with one attached hydrogen (secondary N) is 1. The second-order valence-corrected chi connectivity index (χ2v) is 5.96. The van der Waals surface area contributed by atoms with Gasteiger partial charge in [0.2, 0.25) is 0 Å². The molecule has 1 unspecified atom stereocenters. The first kappa shape index (κ1) is 19.4. The van der Waals surface area contributed by atoms with E-state index < -0.39 is 17.0 Å². The summed E-state index contributed by atoms with van der Waals surface area (Å²) in [6.45, 7) is 0.215. The van der Waals surface area contributed by atoms with Crippen molar-refractivity contribution in [3.63, 3.8) is 0 Å². The molecular weight excluding hydrogens is 361 g/mol. The summed E-state index contributed by atoms with van der Waals surface area (Å²) in [6, 6.07) is 8.32. The van der Waals surface area contributed by atoms with E-state index in [4.69, 9.17) is 22.7 Å². The lowest BCUT2D eigenvalue weighted by Gasteiger charge is -2.14. The maximum absolute atomic E-state index is 11.3. The number of rotatable bonds is 5. The summed E-state index contributed by atoms with van der Waals surface area (Å²) in [6.07, 6.45) is 1.50. The Kier molecular flexibility index (Phi) is 6.96. The quantitative estimate of drug-likeness (QED) is 0.774. The van der Waals surface area contributed by atoms with Crippen LogP contribution in [0.1, 0.15) is 21.5 Å². The minimum atomic E-state index is -2.21. The monoisotopic (exact) mass is 374 g/mol. The van der Waals surface area contributed by atoms with E-state index >= 15 is 0 Å². The first-order valence-electron chi connectivity index (χ1n) is 6.25. The largest absolute Gasteiger partial charge is 0.772 e. The van der Waals surface area contributed by atoms with Gasteiger partial charge in [0, 0.05) is 18.5 Å². The molecule has 1 amide bonds. The lowest BCUT2D eigenvalue weighted by molar-refractivity contribution is 0.0997. The van der Waals surface area contributed by atoms with E-state index in [1.165, 1.54) is 16.8 Å². The standard InChI is InChI=1S/C14H14ClN3O3S.ClH/c15-11-5-12(14(17)19)13(16)18(7-11)6-9-3-1-2-4-10(9)8-22(20)21;/h1-5,7,16H,6,8H2,(H2,17,19)(H,20,21);1H/p-1. The van der Waals surface area contributed by atoms with Crippen LogP contribution in [0.25, 0.3) is 0 Å². The van der Waals surface area contributed by atoms with Crippen LogP contribution >= 0.6 is 24.0 Å². The average Bonchev–Trinajstić information content (AvgIpc) is 2.43. The molecule has 0 aliphatic rings. The van der Waals surface area contributed by atoms with Crippen molar-refractivity contribution in [2.75, 3.05) is 0 Å². The molecule has 0 aliphatic heterocycles. The van der Waals surface area contributed by atoms with E-state index in [1.807, 2.05) is 0 Å². The number of pyridine rings is 1. The van der Waals surface area contributed by atoms with E-state index in [0.29, 0.717) is 5.56 Å². The zero-order chi connectivity index (χ0) is 16.3. The second-order valence-electron chi connectivity index (χ2n) is 4.63. The van der Waals surface area contributed by atoms with Gasteiger partial charge in [0.15, 0.2) is 0 Å². The van der Waals surface area contributed by atoms with Crippen molar-refractivity contribution < 1.29 is 13.6 Å². The maximum atomic E-state index is 11.3. The Hall–Kier alpha value is -1.67. The molecule has 0 radical (unpaired) electrons. The van der Waals surface area contributed by atoms with Crippen molar-refractivity contribution in [1.82, 2.24) is 4.57 Å². The highest BCUT2D eigenvalue weighted by molar-refractivity contribution is 7.78. The van der Waals surface area contributed by atoms with Gasteiger partial charge < -0.3 is 14.9 Å². The smallest absolute Gasteiger partial charge is 0.252 e. The van der Waals surface area contributed by atoms with Crippen LogP contribution in [0.15, 0.2) is 36.5 Å². The van der Waals surface area contributed by atoms with Crippen LogP contribution in [0.4, 0.5) is 0 Å². The fourth-order valence-electron chi connectivity index (χ4n) is 2.09. The van der Waals surface area contributed by atoms with Gasteiger partial charge in [-0.15, -0.1) is 12.4 Å². The summed E-state index contributed by atoms with van der Waals surface area (Å²) in [5.41, 5.74) is 6.52. The van der Waals surface area contributed by atoms with Gasteiger partial charge in [-0.25, -0.2) is 0 Å². The highest BCUT2D eigenvalue weighted by Gasteiger charge is 2.10. The van der Waals surface area contributed by atoms with E-state index in [-0.39, 0.29) is 40.8 Å². The summed E-state index contributed by atoms with van der Waals surface area (Å²) >= 11 is 3.73. The molecule has 6 nitrogen and oxygen atoms in total. The Morgan fingerprint density at radius 3 is 2.52 bits per heavy atom. The predicted molar refractivity (Wildman–Crippen MR) is 89.2 cm³/mol. The Labute approximate surface area is 146 Å². The molecule has 2 rings (SSSR count). The van der Waals surface area contributed by atoms with Crippen molar-refractivity contribution in [1.29, 1.82) is 5.41 Å². The lowest BCUT2D eigenvalue weighted by Crippen LogP contribution is -2.30. The molecule has 3 N–H and O–H groups in total. The molecule has 0 spiro atoms. The van der Waals surface area contributed by atoms with Gasteiger partial charge in [0.25, 0.3) is 5.91 Å². The average molecular weight is 375 g/mol. The highest BCUT2D eigenvalue weighted by atomic mass is 35.5. The number of halogens is 2. The number of amides is 1. The summed E-state index contributed by atoms with van der Waals surface area (Å²) < 4.78 is 23.3. The number of hydrogen-bond acceptors (Lipinski definition) is 4. The molecule has 0 bridgehead atoms. The molecule has 0 aliphatic carbocycles. The summed E-state index contributed by atoms with van der Waals surface area (Å²) in [5.74, 6) is -0.858. The SMILES string of the molecule is Cl.N=c1c(C(N)=O)cc(Cl)cn1Cc1ccccc1CS(=O)[O-]. The normalized spacial score (nSPS) is 11.6. The number of carbonyl (C=O) groups is 1. The Morgan fingerprint density at radius 1 is 1.35 bits per heavy atom. The van der Waals surface area contributed by atoms with E-state index in [0.717, 1.165) is 5.56 Å². The second kappa shape index (κ2) is 8.26. The number of nitrogens with zero attached hydrogens (tertiary/aromatic N) is 1. The number of carbonyl (C=O) groups excluding carboxylic acids is 1. The first-order chi connectivity index (χ1) is 10.4. The van der Waals surface area contributed by atoms with E-state index in [2.05, 4.69) is 0 Å². The molecule has 0 saturated carbocycles. The van der Waals surface area contributed by atoms with Crippen LogP contribution in [0.5, 0.6) is 0 Å². The maximum Gasteiger partial charge on any atom is 0.252 e. The molecule has 9 heteroatoms. The number of primary amides is 1. The van der Waals surface area contributed by atoms with Crippen molar-refractivity contribution in [2.45, 2.75) is 12.3 Å². The molecule has 1 aromatic carbocycles. The molecule has 1 aromatic heterocycles. The predicted octanol–water partition coefficient (Wildman–Crippen LogP) is 1.57.